The van der Waals surface area contributed by atoms with Crippen LogP contribution in [0.3, 0.4) is 0 Å². The molecule has 1 rings (SSSR count). The van der Waals surface area contributed by atoms with E-state index < -0.39 is 41.8 Å². The van der Waals surface area contributed by atoms with E-state index in [4.69, 9.17) is 15.2 Å². The van der Waals surface area contributed by atoms with Crippen molar-refractivity contribution in [3.05, 3.63) is 0 Å². The topological polar surface area (TPSA) is 128 Å². The van der Waals surface area contributed by atoms with Crippen LogP contribution in [-0.4, -0.2) is 46.9 Å². The molecule has 0 heterocycles. The zero-order chi connectivity index (χ0) is 22.0. The number of unbranched alkanes of at least 4 members (excludes halogenated alkanes) is 1. The van der Waals surface area contributed by atoms with Crippen molar-refractivity contribution in [3.8, 4) is 0 Å². The van der Waals surface area contributed by atoms with Crippen LogP contribution in [0.15, 0.2) is 0 Å². The molecule has 8 nitrogen and oxygen atoms in total. The SMILES string of the molecule is CCCC[C@H](NC(=O)OC(C)(C)C)C(=O)OC(=O)C(O)C(N)CC1CCCCC1. The van der Waals surface area contributed by atoms with Gasteiger partial charge in [-0.1, -0.05) is 51.9 Å². The molecule has 1 aliphatic carbocycles. The highest BCUT2D eigenvalue weighted by molar-refractivity contribution is 5.92. The highest BCUT2D eigenvalue weighted by Crippen LogP contribution is 2.27. The molecule has 0 aromatic rings. The van der Waals surface area contributed by atoms with Gasteiger partial charge in [0.15, 0.2) is 6.10 Å². The fourth-order valence-corrected chi connectivity index (χ4v) is 3.45. The van der Waals surface area contributed by atoms with Gasteiger partial charge in [0, 0.05) is 6.04 Å². The normalized spacial score (nSPS) is 18.4. The Hall–Kier alpha value is -1.67. The summed E-state index contributed by atoms with van der Waals surface area (Å²) in [6.07, 6.45) is 5.45. The Balaban J connectivity index is 2.61. The molecule has 0 spiro atoms. The molecular formula is C21H38N2O6. The molecule has 4 N–H and O–H groups in total. The van der Waals surface area contributed by atoms with Crippen molar-refractivity contribution >= 4 is 18.0 Å². The van der Waals surface area contributed by atoms with Crippen LogP contribution in [0.1, 0.15) is 85.5 Å². The summed E-state index contributed by atoms with van der Waals surface area (Å²) in [5.74, 6) is -1.62. The number of carbonyl (C=O) groups is 3. The van der Waals surface area contributed by atoms with E-state index in [0.717, 1.165) is 32.1 Å². The predicted molar refractivity (Wildman–Crippen MR) is 109 cm³/mol. The maximum absolute atomic E-state index is 12.4. The Labute approximate surface area is 173 Å². The quantitative estimate of drug-likeness (QED) is 0.391. The molecule has 1 aliphatic rings. The summed E-state index contributed by atoms with van der Waals surface area (Å²) < 4.78 is 10.00. The van der Waals surface area contributed by atoms with Crippen LogP contribution in [0.5, 0.6) is 0 Å². The highest BCUT2D eigenvalue weighted by atomic mass is 16.6. The summed E-state index contributed by atoms with van der Waals surface area (Å²) in [5.41, 5.74) is 5.26. The number of nitrogens with one attached hydrogen (secondary N) is 1. The molecule has 8 heteroatoms. The third-order valence-electron chi connectivity index (χ3n) is 5.00. The van der Waals surface area contributed by atoms with E-state index in [1.807, 2.05) is 6.92 Å². The van der Waals surface area contributed by atoms with Gasteiger partial charge in [0.2, 0.25) is 0 Å². The molecule has 0 bridgehead atoms. The van der Waals surface area contributed by atoms with Gasteiger partial charge in [0.1, 0.15) is 11.6 Å². The van der Waals surface area contributed by atoms with Gasteiger partial charge >= 0.3 is 18.0 Å². The molecule has 1 saturated carbocycles. The Bertz CT molecular complexity index is 540. The van der Waals surface area contributed by atoms with Gasteiger partial charge in [-0.3, -0.25) is 0 Å². The van der Waals surface area contributed by atoms with Crippen molar-refractivity contribution in [2.75, 3.05) is 0 Å². The Morgan fingerprint density at radius 3 is 2.31 bits per heavy atom. The average Bonchev–Trinajstić information content (AvgIpc) is 2.63. The second-order valence-electron chi connectivity index (χ2n) is 8.93. The third kappa shape index (κ3) is 10.1. The lowest BCUT2D eigenvalue weighted by atomic mass is 9.84. The van der Waals surface area contributed by atoms with Gasteiger partial charge in [0.05, 0.1) is 0 Å². The molecule has 0 saturated heterocycles. The van der Waals surface area contributed by atoms with E-state index >= 15 is 0 Å². The van der Waals surface area contributed by atoms with Gasteiger partial charge < -0.3 is 25.6 Å². The van der Waals surface area contributed by atoms with E-state index in [1.165, 1.54) is 6.42 Å². The van der Waals surface area contributed by atoms with E-state index in [-0.39, 0.29) is 0 Å². The first-order valence-electron chi connectivity index (χ1n) is 10.7. The highest BCUT2D eigenvalue weighted by Gasteiger charge is 2.32. The summed E-state index contributed by atoms with van der Waals surface area (Å²) in [4.78, 5) is 36.6. The number of amides is 1. The largest absolute Gasteiger partial charge is 0.444 e. The molecule has 0 aromatic heterocycles. The second-order valence-corrected chi connectivity index (χ2v) is 8.93. The lowest BCUT2D eigenvalue weighted by Gasteiger charge is -2.26. The van der Waals surface area contributed by atoms with Gasteiger partial charge in [0.25, 0.3) is 0 Å². The zero-order valence-corrected chi connectivity index (χ0v) is 18.2. The van der Waals surface area contributed by atoms with Crippen LogP contribution in [-0.2, 0) is 19.1 Å². The number of hydrogen-bond donors (Lipinski definition) is 3. The molecule has 1 fully saturated rings. The fraction of sp³-hybridized carbons (Fsp3) is 0.857. The van der Waals surface area contributed by atoms with Crippen molar-refractivity contribution in [3.63, 3.8) is 0 Å². The van der Waals surface area contributed by atoms with Gasteiger partial charge in [-0.15, -0.1) is 0 Å². The molecule has 0 aromatic carbocycles. The molecular weight excluding hydrogens is 376 g/mol. The van der Waals surface area contributed by atoms with Gasteiger partial charge in [-0.05, 0) is 39.5 Å². The molecule has 168 valence electrons. The van der Waals surface area contributed by atoms with E-state index in [9.17, 15) is 19.5 Å². The van der Waals surface area contributed by atoms with Crippen LogP contribution in [0.4, 0.5) is 4.79 Å². The monoisotopic (exact) mass is 414 g/mol. The van der Waals surface area contributed by atoms with Gasteiger partial charge in [-0.2, -0.15) is 0 Å². The van der Waals surface area contributed by atoms with Crippen LogP contribution in [0, 0.1) is 5.92 Å². The number of aliphatic hydroxyl groups is 1. The summed E-state index contributed by atoms with van der Waals surface area (Å²) >= 11 is 0. The number of nitrogens with two attached hydrogens (primary N) is 1. The minimum atomic E-state index is -1.57. The molecule has 2 unspecified atom stereocenters. The molecule has 0 aliphatic heterocycles. The predicted octanol–water partition coefficient (Wildman–Crippen LogP) is 2.80. The molecule has 1 amide bonds. The van der Waals surface area contributed by atoms with Crippen molar-refractivity contribution in [2.24, 2.45) is 11.7 Å². The third-order valence-corrected chi connectivity index (χ3v) is 5.00. The van der Waals surface area contributed by atoms with Crippen molar-refractivity contribution in [2.45, 2.75) is 109 Å². The molecule has 29 heavy (non-hydrogen) atoms. The number of alkyl carbamates (subject to hydrolysis) is 1. The number of ether oxygens (including phenoxy) is 2. The molecule has 0 radical (unpaired) electrons. The number of hydrogen-bond acceptors (Lipinski definition) is 7. The lowest BCUT2D eigenvalue weighted by Crippen LogP contribution is -2.48. The number of carbonyl (C=O) groups excluding carboxylic acids is 3. The summed E-state index contributed by atoms with van der Waals surface area (Å²) in [6, 6.07) is -1.82. The van der Waals surface area contributed by atoms with Crippen LogP contribution < -0.4 is 11.1 Å². The second kappa shape index (κ2) is 12.1. The Morgan fingerprint density at radius 1 is 1.14 bits per heavy atom. The minimum absolute atomic E-state index is 0.298. The average molecular weight is 415 g/mol. The van der Waals surface area contributed by atoms with E-state index in [1.54, 1.807) is 20.8 Å². The summed E-state index contributed by atoms with van der Waals surface area (Å²) in [5, 5.41) is 12.6. The lowest BCUT2D eigenvalue weighted by molar-refractivity contribution is -0.168. The van der Waals surface area contributed by atoms with Gasteiger partial charge in [-0.25, -0.2) is 14.4 Å². The van der Waals surface area contributed by atoms with Crippen LogP contribution in [0.25, 0.3) is 0 Å². The molecule has 3 atom stereocenters. The Kier molecular flexibility index (Phi) is 10.6. The first kappa shape index (κ1) is 25.4. The number of rotatable bonds is 9. The maximum atomic E-state index is 12.4. The van der Waals surface area contributed by atoms with Crippen LogP contribution in [0.2, 0.25) is 0 Å². The van der Waals surface area contributed by atoms with Crippen LogP contribution >= 0.6 is 0 Å². The van der Waals surface area contributed by atoms with E-state index in [2.05, 4.69) is 5.32 Å². The minimum Gasteiger partial charge on any atom is -0.444 e. The van der Waals surface area contributed by atoms with Crippen molar-refractivity contribution < 1.29 is 29.0 Å². The summed E-state index contributed by atoms with van der Waals surface area (Å²) in [7, 11) is 0. The fourth-order valence-electron chi connectivity index (χ4n) is 3.45. The standard InChI is InChI=1S/C21H38N2O6/c1-5-6-12-16(23-20(27)29-21(2,3)4)18(25)28-19(26)17(24)15(22)13-14-10-8-7-9-11-14/h14-17,24H,5-13,22H2,1-4H3,(H,23,27)/t15?,16-,17?/m0/s1. The first-order chi connectivity index (χ1) is 13.5. The van der Waals surface area contributed by atoms with E-state index in [0.29, 0.717) is 25.2 Å². The number of esters is 2. The summed E-state index contributed by atoms with van der Waals surface area (Å²) in [6.45, 7) is 7.06. The van der Waals surface area contributed by atoms with Crippen molar-refractivity contribution in [1.82, 2.24) is 5.32 Å². The Morgan fingerprint density at radius 2 is 1.76 bits per heavy atom. The number of aliphatic hydroxyl groups excluding tert-OH is 1. The van der Waals surface area contributed by atoms with Crippen molar-refractivity contribution in [1.29, 1.82) is 0 Å². The first-order valence-corrected chi connectivity index (χ1v) is 10.7. The maximum Gasteiger partial charge on any atom is 0.408 e. The smallest absolute Gasteiger partial charge is 0.408 e. The zero-order valence-electron chi connectivity index (χ0n) is 18.2.